The van der Waals surface area contributed by atoms with E-state index in [0.29, 0.717) is 30.5 Å². The van der Waals surface area contributed by atoms with Crippen molar-refractivity contribution in [1.29, 1.82) is 0 Å². The number of ether oxygens (including phenoxy) is 3. The van der Waals surface area contributed by atoms with E-state index in [9.17, 15) is 9.90 Å². The molecule has 1 saturated heterocycles. The van der Waals surface area contributed by atoms with E-state index in [2.05, 4.69) is 17.4 Å². The van der Waals surface area contributed by atoms with Crippen molar-refractivity contribution >= 4 is 17.7 Å². The highest BCUT2D eigenvalue weighted by Gasteiger charge is 2.32. The number of hydrogen-bond donors (Lipinski definition) is 2. The molecule has 0 amide bonds. The number of benzene rings is 3. The predicted octanol–water partition coefficient (Wildman–Crippen LogP) is 4.61. The van der Waals surface area contributed by atoms with Gasteiger partial charge in [-0.1, -0.05) is 48.5 Å². The molecule has 166 valence electrons. The zero-order valence-electron chi connectivity index (χ0n) is 17.7. The van der Waals surface area contributed by atoms with E-state index < -0.39 is 12.0 Å². The van der Waals surface area contributed by atoms with Crippen LogP contribution in [0.4, 0.5) is 0 Å². The zero-order valence-corrected chi connectivity index (χ0v) is 18.5. The highest BCUT2D eigenvalue weighted by molar-refractivity contribution is 7.99. The van der Waals surface area contributed by atoms with Crippen molar-refractivity contribution in [2.24, 2.45) is 0 Å². The van der Waals surface area contributed by atoms with Crippen molar-refractivity contribution in [2.45, 2.75) is 11.4 Å². The van der Waals surface area contributed by atoms with Crippen molar-refractivity contribution in [3.63, 3.8) is 0 Å². The van der Waals surface area contributed by atoms with Crippen LogP contribution in [-0.2, 0) is 4.79 Å². The van der Waals surface area contributed by atoms with Gasteiger partial charge in [-0.05, 0) is 23.8 Å². The monoisotopic (exact) mass is 451 g/mol. The normalized spacial score (nSPS) is 17.7. The van der Waals surface area contributed by atoms with E-state index in [4.69, 9.17) is 14.2 Å². The molecule has 0 saturated carbocycles. The van der Waals surface area contributed by atoms with Crippen molar-refractivity contribution in [1.82, 2.24) is 5.32 Å². The van der Waals surface area contributed by atoms with Crippen LogP contribution in [0.25, 0.3) is 11.1 Å². The Labute approximate surface area is 191 Å². The molecule has 1 heterocycles. The van der Waals surface area contributed by atoms with Crippen LogP contribution in [0, 0.1) is 0 Å². The van der Waals surface area contributed by atoms with Gasteiger partial charge in [0.2, 0.25) is 0 Å². The van der Waals surface area contributed by atoms with E-state index in [1.54, 1.807) is 18.9 Å². The van der Waals surface area contributed by atoms with Gasteiger partial charge in [-0.25, -0.2) is 0 Å². The summed E-state index contributed by atoms with van der Waals surface area (Å²) in [5.41, 5.74) is 3.02. The fourth-order valence-corrected chi connectivity index (χ4v) is 4.79. The molecular weight excluding hydrogens is 426 g/mol. The molecule has 1 fully saturated rings. The van der Waals surface area contributed by atoms with Gasteiger partial charge < -0.3 is 19.3 Å². The Bertz CT molecular complexity index is 1060. The summed E-state index contributed by atoms with van der Waals surface area (Å²) in [5, 5.41) is 12.3. The predicted molar refractivity (Wildman–Crippen MR) is 126 cm³/mol. The third-order valence-electron chi connectivity index (χ3n) is 5.15. The van der Waals surface area contributed by atoms with Crippen LogP contribution >= 0.6 is 11.8 Å². The lowest BCUT2D eigenvalue weighted by Gasteiger charge is -2.18. The first-order chi connectivity index (χ1) is 15.7. The topological polar surface area (TPSA) is 77.0 Å². The first kappa shape index (κ1) is 22.0. The molecule has 32 heavy (non-hydrogen) atoms. The summed E-state index contributed by atoms with van der Waals surface area (Å²) in [4.78, 5) is 11.3. The Morgan fingerprint density at radius 3 is 2.44 bits per heavy atom. The summed E-state index contributed by atoms with van der Waals surface area (Å²) >= 11 is 1.55. The van der Waals surface area contributed by atoms with Crippen molar-refractivity contribution in [3.05, 3.63) is 78.4 Å². The summed E-state index contributed by atoms with van der Waals surface area (Å²) in [6.45, 7) is 0.701. The average molecular weight is 452 g/mol. The minimum absolute atomic E-state index is 0.156. The van der Waals surface area contributed by atoms with E-state index in [1.165, 1.54) is 0 Å². The Balaban J connectivity index is 1.42. The lowest BCUT2D eigenvalue weighted by molar-refractivity contribution is -0.138. The minimum atomic E-state index is -0.846. The molecule has 4 rings (SSSR count). The largest absolute Gasteiger partial charge is 0.497 e. The molecule has 1 aliphatic heterocycles. The maximum atomic E-state index is 11.3. The molecule has 2 N–H and O–H groups in total. The van der Waals surface area contributed by atoms with Crippen LogP contribution in [0.5, 0.6) is 17.2 Å². The number of hydrogen-bond acceptors (Lipinski definition) is 6. The lowest BCUT2D eigenvalue weighted by Crippen LogP contribution is -2.33. The first-order valence-corrected chi connectivity index (χ1v) is 11.4. The number of nitrogens with one attached hydrogen (secondary N) is 1. The third kappa shape index (κ3) is 5.18. The number of para-hydroxylation sites is 1. The number of aliphatic carboxylic acids is 1. The van der Waals surface area contributed by atoms with E-state index in [-0.39, 0.29) is 5.37 Å². The number of carboxylic acid groups (broad SMARTS) is 1. The molecule has 3 aromatic carbocycles. The standard InChI is InChI=1S/C25H25NO5S/c1-29-18-11-12-20(24-26-21(16-32-24)25(27)28)23(15-18)31-14-13-30-22-10-6-5-9-19(22)17-7-3-2-4-8-17/h2-12,15,21,24,26H,13-14,16H2,1H3,(H,27,28). The van der Waals surface area contributed by atoms with Crippen LogP contribution in [0.1, 0.15) is 10.9 Å². The molecule has 3 aromatic rings. The van der Waals surface area contributed by atoms with E-state index in [1.807, 2.05) is 60.7 Å². The number of methoxy groups -OCH3 is 1. The minimum Gasteiger partial charge on any atom is -0.497 e. The molecule has 0 radical (unpaired) electrons. The summed E-state index contributed by atoms with van der Waals surface area (Å²) in [6, 6.07) is 23.0. The molecule has 6 nitrogen and oxygen atoms in total. The van der Waals surface area contributed by atoms with Crippen molar-refractivity contribution < 1.29 is 24.1 Å². The molecule has 1 aliphatic rings. The van der Waals surface area contributed by atoms with Gasteiger partial charge in [0.1, 0.15) is 36.5 Å². The number of carbonyl (C=O) groups is 1. The zero-order chi connectivity index (χ0) is 22.3. The fraction of sp³-hybridized carbons (Fsp3) is 0.240. The van der Waals surface area contributed by atoms with Crippen LogP contribution in [0.3, 0.4) is 0 Å². The highest BCUT2D eigenvalue weighted by Crippen LogP contribution is 2.39. The van der Waals surface area contributed by atoms with E-state index in [0.717, 1.165) is 22.4 Å². The fourth-order valence-electron chi connectivity index (χ4n) is 3.53. The molecule has 2 atom stereocenters. The SMILES string of the molecule is COc1ccc(C2NC(C(=O)O)CS2)c(OCCOc2ccccc2-c2ccccc2)c1. The Morgan fingerprint density at radius 1 is 1.00 bits per heavy atom. The Hall–Kier alpha value is -3.16. The molecule has 7 heteroatoms. The Morgan fingerprint density at radius 2 is 1.72 bits per heavy atom. The summed E-state index contributed by atoms with van der Waals surface area (Å²) in [7, 11) is 1.60. The summed E-state index contributed by atoms with van der Waals surface area (Å²) in [5.74, 6) is 1.79. The van der Waals surface area contributed by atoms with Crippen molar-refractivity contribution in [2.75, 3.05) is 26.1 Å². The van der Waals surface area contributed by atoms with Gasteiger partial charge in [0, 0.05) is 22.9 Å². The number of thioether (sulfide) groups is 1. The van der Waals surface area contributed by atoms with Crippen LogP contribution in [-0.4, -0.2) is 43.2 Å². The average Bonchev–Trinajstić information content (AvgIpc) is 3.33. The van der Waals surface area contributed by atoms with Gasteiger partial charge in [-0.15, -0.1) is 11.8 Å². The molecule has 0 spiro atoms. The van der Waals surface area contributed by atoms with Crippen LogP contribution in [0.2, 0.25) is 0 Å². The van der Waals surface area contributed by atoms with Gasteiger partial charge in [0.05, 0.1) is 12.5 Å². The quantitative estimate of drug-likeness (QED) is 0.460. The first-order valence-electron chi connectivity index (χ1n) is 10.3. The second-order valence-electron chi connectivity index (χ2n) is 7.23. The van der Waals surface area contributed by atoms with Crippen LogP contribution < -0.4 is 19.5 Å². The molecule has 0 bridgehead atoms. The second kappa shape index (κ2) is 10.4. The highest BCUT2D eigenvalue weighted by atomic mass is 32.2. The summed E-state index contributed by atoms with van der Waals surface area (Å²) in [6.07, 6.45) is 0. The molecule has 2 unspecified atom stereocenters. The third-order valence-corrected chi connectivity index (χ3v) is 6.40. The van der Waals surface area contributed by atoms with Gasteiger partial charge in [-0.3, -0.25) is 10.1 Å². The molecule has 0 aromatic heterocycles. The molecule has 0 aliphatic carbocycles. The Kier molecular flexibility index (Phi) is 7.19. The van der Waals surface area contributed by atoms with Gasteiger partial charge in [-0.2, -0.15) is 0 Å². The van der Waals surface area contributed by atoms with Gasteiger partial charge >= 0.3 is 5.97 Å². The smallest absolute Gasteiger partial charge is 0.321 e. The number of rotatable bonds is 9. The van der Waals surface area contributed by atoms with Gasteiger partial charge in [0.15, 0.2) is 0 Å². The van der Waals surface area contributed by atoms with Crippen LogP contribution in [0.15, 0.2) is 72.8 Å². The number of carboxylic acids is 1. The van der Waals surface area contributed by atoms with Crippen molar-refractivity contribution in [3.8, 4) is 28.4 Å². The second-order valence-corrected chi connectivity index (χ2v) is 8.37. The maximum absolute atomic E-state index is 11.3. The summed E-state index contributed by atoms with van der Waals surface area (Å²) < 4.78 is 17.4. The maximum Gasteiger partial charge on any atom is 0.321 e. The lowest BCUT2D eigenvalue weighted by atomic mass is 10.1. The van der Waals surface area contributed by atoms with Gasteiger partial charge in [0.25, 0.3) is 0 Å². The van der Waals surface area contributed by atoms with E-state index >= 15 is 0 Å². The molecular formula is C25H25NO5S.